The van der Waals surface area contributed by atoms with E-state index in [1.54, 1.807) is 19.2 Å². The molecule has 0 saturated carbocycles. The number of methoxy groups -OCH3 is 1. The van der Waals surface area contributed by atoms with Crippen LogP contribution in [0.3, 0.4) is 0 Å². The minimum atomic E-state index is -3.60. The molecule has 0 heterocycles. The maximum Gasteiger partial charge on any atom is 0.243 e. The van der Waals surface area contributed by atoms with Crippen molar-refractivity contribution in [1.29, 1.82) is 0 Å². The van der Waals surface area contributed by atoms with Gasteiger partial charge in [0.1, 0.15) is 0 Å². The van der Waals surface area contributed by atoms with Gasteiger partial charge in [0, 0.05) is 31.3 Å². The van der Waals surface area contributed by atoms with Crippen LogP contribution in [0.4, 0.5) is 0 Å². The molecule has 0 bridgehead atoms. The Kier molecular flexibility index (Phi) is 7.09. The monoisotopic (exact) mass is 334 g/mol. The van der Waals surface area contributed by atoms with Crippen LogP contribution >= 0.6 is 11.6 Å². The lowest BCUT2D eigenvalue weighted by Crippen LogP contribution is -2.40. The Labute approximate surface area is 132 Å². The van der Waals surface area contributed by atoms with E-state index in [0.29, 0.717) is 18.2 Å². The van der Waals surface area contributed by atoms with Gasteiger partial charge in [-0.2, -0.15) is 4.31 Å². The summed E-state index contributed by atoms with van der Waals surface area (Å²) in [5.41, 5.74) is 6.27. The second kappa shape index (κ2) is 8.10. The number of benzene rings is 1. The van der Waals surface area contributed by atoms with Gasteiger partial charge >= 0.3 is 0 Å². The summed E-state index contributed by atoms with van der Waals surface area (Å²) in [4.78, 5) is 0.182. The average molecular weight is 335 g/mol. The molecule has 1 atom stereocenters. The minimum absolute atomic E-state index is 0.113. The summed E-state index contributed by atoms with van der Waals surface area (Å²) in [6.45, 7) is 4.76. The summed E-state index contributed by atoms with van der Waals surface area (Å²) in [6, 6.07) is 4.55. The maximum atomic E-state index is 12.8. The Balaban J connectivity index is 3.18. The quantitative estimate of drug-likeness (QED) is 0.791. The third kappa shape index (κ3) is 4.40. The molecule has 0 aliphatic heterocycles. The molecular weight excluding hydrogens is 312 g/mol. The van der Waals surface area contributed by atoms with Gasteiger partial charge in [-0.15, -0.1) is 0 Å². The van der Waals surface area contributed by atoms with E-state index in [1.807, 2.05) is 13.8 Å². The maximum absolute atomic E-state index is 12.8. The fourth-order valence-electron chi connectivity index (χ4n) is 1.95. The predicted octanol–water partition coefficient (Wildman–Crippen LogP) is 2.23. The lowest BCUT2D eigenvalue weighted by molar-refractivity contribution is 0.167. The molecule has 0 amide bonds. The molecule has 0 radical (unpaired) electrons. The molecule has 2 N–H and O–H groups in total. The van der Waals surface area contributed by atoms with Crippen molar-refractivity contribution in [3.05, 3.63) is 28.8 Å². The highest BCUT2D eigenvalue weighted by Gasteiger charge is 2.28. The number of ether oxygens (including phenoxy) is 1. The van der Waals surface area contributed by atoms with E-state index in [1.165, 1.54) is 10.4 Å². The van der Waals surface area contributed by atoms with Crippen molar-refractivity contribution in [3.8, 4) is 0 Å². The number of nitrogens with zero attached hydrogens (tertiary/aromatic N) is 1. The largest absolute Gasteiger partial charge is 0.383 e. The first kappa shape index (κ1) is 18.4. The second-order valence-corrected chi connectivity index (χ2v) is 7.12. The van der Waals surface area contributed by atoms with Crippen LogP contribution in [-0.2, 0) is 21.3 Å². The molecule has 0 fully saturated rings. The molecule has 1 aromatic rings. The molecular formula is C14H23ClN2O3S. The van der Waals surface area contributed by atoms with Crippen LogP contribution in [0.25, 0.3) is 0 Å². The van der Waals surface area contributed by atoms with E-state index >= 15 is 0 Å². The molecule has 120 valence electrons. The van der Waals surface area contributed by atoms with Gasteiger partial charge in [-0.1, -0.05) is 24.6 Å². The molecule has 0 aromatic heterocycles. The highest BCUT2D eigenvalue weighted by Crippen LogP contribution is 2.24. The summed E-state index contributed by atoms with van der Waals surface area (Å²) in [7, 11) is -2.05. The van der Waals surface area contributed by atoms with Crippen molar-refractivity contribution in [2.45, 2.75) is 37.8 Å². The first-order valence-electron chi connectivity index (χ1n) is 6.87. The van der Waals surface area contributed by atoms with E-state index in [4.69, 9.17) is 22.1 Å². The van der Waals surface area contributed by atoms with Crippen LogP contribution < -0.4 is 5.73 Å². The molecule has 1 aromatic carbocycles. The third-order valence-electron chi connectivity index (χ3n) is 3.45. The molecule has 0 aliphatic carbocycles. The highest BCUT2D eigenvalue weighted by atomic mass is 35.5. The number of hydrogen-bond acceptors (Lipinski definition) is 4. The smallest absolute Gasteiger partial charge is 0.243 e. The summed E-state index contributed by atoms with van der Waals surface area (Å²) in [5.74, 6) is 0. The zero-order valence-corrected chi connectivity index (χ0v) is 14.2. The van der Waals surface area contributed by atoms with Gasteiger partial charge in [0.05, 0.1) is 11.5 Å². The molecule has 0 aliphatic rings. The summed E-state index contributed by atoms with van der Waals surface area (Å²) in [5, 5.41) is 0.370. The Morgan fingerprint density at radius 2 is 2.10 bits per heavy atom. The molecule has 5 nitrogen and oxygen atoms in total. The van der Waals surface area contributed by atoms with Gasteiger partial charge in [0.2, 0.25) is 10.0 Å². The van der Waals surface area contributed by atoms with Crippen LogP contribution in [0.2, 0.25) is 5.02 Å². The fraction of sp³-hybridized carbons (Fsp3) is 0.571. The van der Waals surface area contributed by atoms with Crippen LogP contribution in [0.5, 0.6) is 0 Å². The predicted molar refractivity (Wildman–Crippen MR) is 84.9 cm³/mol. The topological polar surface area (TPSA) is 72.6 Å². The van der Waals surface area contributed by atoms with Crippen molar-refractivity contribution in [2.75, 3.05) is 20.3 Å². The van der Waals surface area contributed by atoms with E-state index in [0.717, 1.165) is 12.0 Å². The molecule has 1 unspecified atom stereocenters. The Hall–Kier alpha value is -0.660. The van der Waals surface area contributed by atoms with Gasteiger partial charge in [-0.3, -0.25) is 0 Å². The summed E-state index contributed by atoms with van der Waals surface area (Å²) >= 11 is 6.07. The van der Waals surface area contributed by atoms with Gasteiger partial charge in [-0.25, -0.2) is 8.42 Å². The van der Waals surface area contributed by atoms with Crippen molar-refractivity contribution in [3.63, 3.8) is 0 Å². The van der Waals surface area contributed by atoms with Gasteiger partial charge < -0.3 is 10.5 Å². The Morgan fingerprint density at radius 1 is 1.43 bits per heavy atom. The van der Waals surface area contributed by atoms with Crippen LogP contribution in [0, 0.1) is 0 Å². The van der Waals surface area contributed by atoms with Gasteiger partial charge in [0.15, 0.2) is 0 Å². The molecule has 7 heteroatoms. The first-order valence-corrected chi connectivity index (χ1v) is 8.69. The standard InChI is InChI=1S/C14H23ClN2O3S/c1-4-11(2)17(7-8-20-3)21(18,19)13-6-5-12(10-16)14(15)9-13/h5-6,9,11H,4,7-8,10,16H2,1-3H3. The fourth-order valence-corrected chi connectivity index (χ4v) is 3.99. The van der Waals surface area contributed by atoms with Crippen LogP contribution in [-0.4, -0.2) is 39.0 Å². The zero-order valence-electron chi connectivity index (χ0n) is 12.7. The number of nitrogens with two attached hydrogens (primary N) is 1. The average Bonchev–Trinajstić information content (AvgIpc) is 2.46. The van der Waals surface area contributed by atoms with Crippen LogP contribution in [0.1, 0.15) is 25.8 Å². The minimum Gasteiger partial charge on any atom is -0.383 e. The normalized spacial score (nSPS) is 13.6. The molecule has 1 rings (SSSR count). The second-order valence-electron chi connectivity index (χ2n) is 4.82. The SMILES string of the molecule is CCC(C)N(CCOC)S(=O)(=O)c1ccc(CN)c(Cl)c1. The number of halogens is 1. The molecule has 0 spiro atoms. The summed E-state index contributed by atoms with van der Waals surface area (Å²) in [6.07, 6.45) is 0.720. The van der Waals surface area contributed by atoms with Crippen molar-refractivity contribution < 1.29 is 13.2 Å². The van der Waals surface area contributed by atoms with Crippen molar-refractivity contribution >= 4 is 21.6 Å². The van der Waals surface area contributed by atoms with Crippen LogP contribution in [0.15, 0.2) is 23.1 Å². The summed E-state index contributed by atoms with van der Waals surface area (Å²) < 4.78 is 32.0. The first-order chi connectivity index (χ1) is 9.88. The molecule has 0 saturated heterocycles. The van der Waals surface area contributed by atoms with E-state index in [2.05, 4.69) is 0 Å². The lowest BCUT2D eigenvalue weighted by atomic mass is 10.2. The zero-order chi connectivity index (χ0) is 16.0. The van der Waals surface area contributed by atoms with E-state index in [9.17, 15) is 8.42 Å². The highest BCUT2D eigenvalue weighted by molar-refractivity contribution is 7.89. The Morgan fingerprint density at radius 3 is 2.57 bits per heavy atom. The van der Waals surface area contributed by atoms with Crippen molar-refractivity contribution in [2.24, 2.45) is 5.73 Å². The van der Waals surface area contributed by atoms with Crippen molar-refractivity contribution in [1.82, 2.24) is 4.31 Å². The van der Waals surface area contributed by atoms with Gasteiger partial charge in [-0.05, 0) is 31.0 Å². The Bertz CT molecular complexity index is 563. The lowest BCUT2D eigenvalue weighted by Gasteiger charge is -2.27. The van der Waals surface area contributed by atoms with Gasteiger partial charge in [0.25, 0.3) is 0 Å². The van der Waals surface area contributed by atoms with E-state index < -0.39 is 10.0 Å². The number of sulfonamides is 1. The number of rotatable bonds is 8. The third-order valence-corrected chi connectivity index (χ3v) is 5.81. The van der Waals surface area contributed by atoms with E-state index in [-0.39, 0.29) is 17.5 Å². The number of hydrogen-bond donors (Lipinski definition) is 1. The molecule has 21 heavy (non-hydrogen) atoms.